The summed E-state index contributed by atoms with van der Waals surface area (Å²) in [5.41, 5.74) is 0.194. The van der Waals surface area contributed by atoms with E-state index in [0.29, 0.717) is 5.69 Å². The lowest BCUT2D eigenvalue weighted by atomic mass is 10.1. The van der Waals surface area contributed by atoms with E-state index in [9.17, 15) is 18.8 Å². The number of Topliss-reactive ketones (excluding diaryl/α,β-unsaturated/α-hetero) is 1. The van der Waals surface area contributed by atoms with Crippen LogP contribution < -0.4 is 10.6 Å². The molecule has 9 heteroatoms. The van der Waals surface area contributed by atoms with Crippen LogP contribution in [0.4, 0.5) is 10.1 Å². The fourth-order valence-electron chi connectivity index (χ4n) is 2.60. The molecule has 1 aromatic heterocycles. The third-order valence-electron chi connectivity index (χ3n) is 4.04. The molecule has 0 bridgehead atoms. The van der Waals surface area contributed by atoms with Gasteiger partial charge in [-0.3, -0.25) is 14.4 Å². The molecular weight excluding hydrogens is 387 g/mol. The number of halogens is 2. The normalized spacial score (nSPS) is 10.5. The van der Waals surface area contributed by atoms with Crippen LogP contribution in [0, 0.1) is 24.1 Å². The summed E-state index contributed by atoms with van der Waals surface area (Å²) in [6.07, 6.45) is 0. The maximum Gasteiger partial charge on any atom is 0.292 e. The molecule has 2 N–H and O–H groups in total. The van der Waals surface area contributed by atoms with Crippen molar-refractivity contribution in [3.63, 3.8) is 0 Å². The summed E-state index contributed by atoms with van der Waals surface area (Å²) < 4.78 is 14.8. The van der Waals surface area contributed by atoms with Crippen molar-refractivity contribution in [1.29, 1.82) is 5.26 Å². The van der Waals surface area contributed by atoms with Crippen molar-refractivity contribution in [3.8, 4) is 6.07 Å². The Morgan fingerprint density at radius 1 is 1.29 bits per heavy atom. The molecule has 0 spiro atoms. The summed E-state index contributed by atoms with van der Waals surface area (Å²) in [7, 11) is 1.53. The van der Waals surface area contributed by atoms with Crippen molar-refractivity contribution in [3.05, 3.63) is 51.6 Å². The van der Waals surface area contributed by atoms with Gasteiger partial charge in [-0.2, -0.15) is 5.26 Å². The lowest BCUT2D eigenvalue weighted by Crippen LogP contribution is -2.36. The number of aromatic nitrogens is 1. The third kappa shape index (κ3) is 4.05. The largest absolute Gasteiger partial charge is 0.347 e. The number of hydrogen-bond donors (Lipinski definition) is 2. The van der Waals surface area contributed by atoms with Gasteiger partial charge in [-0.1, -0.05) is 11.6 Å². The molecule has 0 radical (unpaired) electrons. The van der Waals surface area contributed by atoms with Crippen molar-refractivity contribution in [2.75, 3.05) is 5.32 Å². The molecule has 0 fully saturated rings. The second kappa shape index (κ2) is 8.23. The second-order valence-electron chi connectivity index (χ2n) is 6.40. The summed E-state index contributed by atoms with van der Waals surface area (Å²) in [4.78, 5) is 37.2. The maximum absolute atomic E-state index is 13.4. The van der Waals surface area contributed by atoms with Crippen molar-refractivity contribution in [1.82, 2.24) is 9.88 Å². The fourth-order valence-corrected chi connectivity index (χ4v) is 3.03. The number of anilines is 1. The molecule has 2 rings (SSSR count). The van der Waals surface area contributed by atoms with E-state index in [4.69, 9.17) is 16.9 Å². The molecule has 1 aromatic carbocycles. The van der Waals surface area contributed by atoms with Gasteiger partial charge < -0.3 is 15.2 Å². The molecule has 0 unspecified atom stereocenters. The molecule has 0 aliphatic rings. The zero-order chi connectivity index (χ0) is 21.2. The molecule has 0 aliphatic carbocycles. The van der Waals surface area contributed by atoms with Crippen molar-refractivity contribution >= 4 is 34.9 Å². The van der Waals surface area contributed by atoms with Gasteiger partial charge in [-0.05, 0) is 39.0 Å². The molecule has 0 saturated carbocycles. The van der Waals surface area contributed by atoms with E-state index < -0.39 is 23.4 Å². The number of rotatable bonds is 5. The summed E-state index contributed by atoms with van der Waals surface area (Å²) >= 11 is 6.26. The van der Waals surface area contributed by atoms with Crippen LogP contribution in [-0.2, 0) is 11.8 Å². The van der Waals surface area contributed by atoms with Gasteiger partial charge in [0.2, 0.25) is 0 Å². The Morgan fingerprint density at radius 3 is 2.50 bits per heavy atom. The van der Waals surface area contributed by atoms with Gasteiger partial charge in [-0.15, -0.1) is 0 Å². The summed E-state index contributed by atoms with van der Waals surface area (Å²) in [5.74, 6) is -3.05. The number of nitrogens with one attached hydrogen (secondary N) is 2. The highest BCUT2D eigenvalue weighted by Crippen LogP contribution is 2.28. The highest BCUT2D eigenvalue weighted by atomic mass is 35.5. The van der Waals surface area contributed by atoms with Crippen LogP contribution in [0.1, 0.15) is 46.0 Å². The van der Waals surface area contributed by atoms with Crippen LogP contribution in [0.5, 0.6) is 0 Å². The first-order chi connectivity index (χ1) is 13.1. The average Bonchev–Trinajstić information content (AvgIpc) is 2.84. The first-order valence-electron chi connectivity index (χ1n) is 8.29. The number of nitriles is 1. The van der Waals surface area contributed by atoms with E-state index in [1.54, 1.807) is 26.8 Å². The molecule has 0 saturated heterocycles. The minimum Gasteiger partial charge on any atom is -0.347 e. The molecular formula is C19H18ClFN4O3. The van der Waals surface area contributed by atoms with Crippen LogP contribution >= 0.6 is 11.6 Å². The Kier molecular flexibility index (Phi) is 6.21. The van der Waals surface area contributed by atoms with Crippen molar-refractivity contribution in [2.45, 2.75) is 26.8 Å². The Morgan fingerprint density at radius 2 is 1.93 bits per heavy atom. The number of carbonyl (C=O) groups is 3. The van der Waals surface area contributed by atoms with Crippen LogP contribution in [-0.4, -0.2) is 28.2 Å². The predicted octanol–water partition coefficient (Wildman–Crippen LogP) is 2.96. The zero-order valence-corrected chi connectivity index (χ0v) is 16.4. The van der Waals surface area contributed by atoms with Crippen molar-refractivity contribution in [2.24, 2.45) is 7.05 Å². The van der Waals surface area contributed by atoms with E-state index in [1.165, 1.54) is 23.7 Å². The van der Waals surface area contributed by atoms with Crippen LogP contribution in [0.15, 0.2) is 18.2 Å². The number of amides is 2. The van der Waals surface area contributed by atoms with Gasteiger partial charge in [-0.25, -0.2) is 4.39 Å². The van der Waals surface area contributed by atoms with Crippen LogP contribution in [0.25, 0.3) is 0 Å². The molecule has 0 aliphatic heterocycles. The SMILES string of the molecule is Cc1c(C(=O)C(=O)NC(C)C)c(Cl)c(C(=O)Nc2ccc(F)c(C#N)c2)n1C. The number of nitrogens with zero attached hydrogens (tertiary/aromatic N) is 2. The quantitative estimate of drug-likeness (QED) is 0.590. The van der Waals surface area contributed by atoms with Gasteiger partial charge in [0, 0.05) is 24.5 Å². The summed E-state index contributed by atoms with van der Waals surface area (Å²) in [6.45, 7) is 4.98. The Hall–Kier alpha value is -3.18. The van der Waals surface area contributed by atoms with Crippen LogP contribution in [0.2, 0.25) is 5.02 Å². The zero-order valence-electron chi connectivity index (χ0n) is 15.7. The first-order valence-corrected chi connectivity index (χ1v) is 8.67. The molecule has 7 nitrogen and oxygen atoms in total. The topological polar surface area (TPSA) is 104 Å². The van der Waals surface area contributed by atoms with Gasteiger partial charge in [0.05, 0.1) is 16.1 Å². The Balaban J connectivity index is 2.39. The molecule has 1 heterocycles. The second-order valence-corrected chi connectivity index (χ2v) is 6.78. The Labute approximate surface area is 166 Å². The van der Waals surface area contributed by atoms with E-state index in [2.05, 4.69) is 10.6 Å². The highest BCUT2D eigenvalue weighted by molar-refractivity contribution is 6.48. The number of ketones is 1. The molecule has 2 aromatic rings. The van der Waals surface area contributed by atoms with E-state index in [-0.39, 0.29) is 33.6 Å². The first kappa shape index (κ1) is 21.1. The molecule has 0 atom stereocenters. The number of carbonyl (C=O) groups excluding carboxylic acids is 3. The monoisotopic (exact) mass is 404 g/mol. The van der Waals surface area contributed by atoms with Gasteiger partial charge in [0.15, 0.2) is 0 Å². The van der Waals surface area contributed by atoms with Gasteiger partial charge in [0.1, 0.15) is 17.6 Å². The highest BCUT2D eigenvalue weighted by Gasteiger charge is 2.30. The van der Waals surface area contributed by atoms with Crippen LogP contribution in [0.3, 0.4) is 0 Å². The Bertz CT molecular complexity index is 1020. The standard InChI is InChI=1S/C19H18ClFN4O3/c1-9(2)23-19(28)17(26)14-10(3)25(4)16(15(14)20)18(27)24-12-5-6-13(21)11(7-12)8-22/h5-7,9H,1-4H3,(H,23,28)(H,24,27). The minimum absolute atomic E-state index is 0.0392. The average molecular weight is 405 g/mol. The van der Waals surface area contributed by atoms with Gasteiger partial charge >= 0.3 is 0 Å². The van der Waals surface area contributed by atoms with Gasteiger partial charge in [0.25, 0.3) is 17.6 Å². The van der Waals surface area contributed by atoms with Crippen molar-refractivity contribution < 1.29 is 18.8 Å². The predicted molar refractivity (Wildman–Crippen MR) is 102 cm³/mol. The van der Waals surface area contributed by atoms with E-state index in [1.807, 2.05) is 0 Å². The third-order valence-corrected chi connectivity index (χ3v) is 4.41. The fraction of sp³-hybridized carbons (Fsp3) is 0.263. The minimum atomic E-state index is -0.848. The van der Waals surface area contributed by atoms with E-state index in [0.717, 1.165) is 6.07 Å². The van der Waals surface area contributed by atoms with E-state index >= 15 is 0 Å². The maximum atomic E-state index is 13.4. The molecule has 28 heavy (non-hydrogen) atoms. The lowest BCUT2D eigenvalue weighted by molar-refractivity contribution is -0.117. The molecule has 146 valence electrons. The smallest absolute Gasteiger partial charge is 0.292 e. The number of benzene rings is 1. The number of hydrogen-bond acceptors (Lipinski definition) is 4. The summed E-state index contributed by atoms with van der Waals surface area (Å²) in [6, 6.07) is 4.96. The summed E-state index contributed by atoms with van der Waals surface area (Å²) in [5, 5.41) is 13.7. The lowest BCUT2D eigenvalue weighted by Gasteiger charge is -2.08. The molecule has 2 amide bonds.